The fourth-order valence-corrected chi connectivity index (χ4v) is 3.81. The third-order valence-electron chi connectivity index (χ3n) is 4.36. The van der Waals surface area contributed by atoms with Crippen molar-refractivity contribution in [1.82, 2.24) is 10.3 Å². The van der Waals surface area contributed by atoms with E-state index in [2.05, 4.69) is 10.3 Å². The van der Waals surface area contributed by atoms with Gasteiger partial charge in [0, 0.05) is 6.04 Å². The fraction of sp³-hybridized carbons (Fsp3) is 0.333. The highest BCUT2D eigenvalue weighted by Crippen LogP contribution is 2.37. The minimum Gasteiger partial charge on any atom is -0.462 e. The molecule has 2 aromatic rings. The summed E-state index contributed by atoms with van der Waals surface area (Å²) in [5, 5.41) is 12.1. The van der Waals surface area contributed by atoms with Gasteiger partial charge in [0.15, 0.2) is 0 Å². The summed E-state index contributed by atoms with van der Waals surface area (Å²) in [7, 11) is 0. The Hall–Kier alpha value is -2.92. The number of nitriles is 1. The molecule has 0 aliphatic heterocycles. The summed E-state index contributed by atoms with van der Waals surface area (Å²) in [6.07, 6.45) is 1.86. The molecule has 1 fully saturated rings. The number of aromatic nitrogens is 1. The van der Waals surface area contributed by atoms with Crippen molar-refractivity contribution in [1.29, 1.82) is 5.26 Å². The average Bonchev–Trinajstić information content (AvgIpc) is 3.51. The molecule has 6 nitrogen and oxygen atoms in total. The summed E-state index contributed by atoms with van der Waals surface area (Å²) in [6.45, 7) is 3.56. The molecular weight excluding hydrogens is 393 g/mol. The zero-order chi connectivity index (χ0) is 21.0. The first-order valence-electron chi connectivity index (χ1n) is 9.24. The number of rotatable bonds is 7. The van der Waals surface area contributed by atoms with E-state index in [-0.39, 0.29) is 29.7 Å². The Labute approximate surface area is 172 Å². The number of pyridine rings is 1. The SMILES string of the molecule is CCOC(=O)c1cc(C#N)c(SC(C(=O)NC2CC2)c2ccc(F)cc2)nc1C. The normalized spacial score (nSPS) is 14.0. The summed E-state index contributed by atoms with van der Waals surface area (Å²) in [4.78, 5) is 29.3. The lowest BCUT2D eigenvalue weighted by Gasteiger charge is -2.18. The van der Waals surface area contributed by atoms with Crippen LogP contribution >= 0.6 is 11.8 Å². The molecule has 1 aromatic heterocycles. The second kappa shape index (κ2) is 9.05. The Kier molecular flexibility index (Phi) is 6.49. The lowest BCUT2D eigenvalue weighted by molar-refractivity contribution is -0.120. The number of carbonyl (C=O) groups is 2. The number of benzene rings is 1. The molecule has 8 heteroatoms. The van der Waals surface area contributed by atoms with Crippen molar-refractivity contribution in [2.75, 3.05) is 6.61 Å². The van der Waals surface area contributed by atoms with Crippen LogP contribution in [0.5, 0.6) is 0 Å². The van der Waals surface area contributed by atoms with Gasteiger partial charge in [0.2, 0.25) is 5.91 Å². The van der Waals surface area contributed by atoms with Gasteiger partial charge in [-0.15, -0.1) is 0 Å². The van der Waals surface area contributed by atoms with Crippen LogP contribution in [0.4, 0.5) is 4.39 Å². The molecule has 1 N–H and O–H groups in total. The zero-order valence-corrected chi connectivity index (χ0v) is 16.9. The Bertz CT molecular complexity index is 968. The van der Waals surface area contributed by atoms with Gasteiger partial charge < -0.3 is 10.1 Å². The average molecular weight is 413 g/mol. The highest BCUT2D eigenvalue weighted by molar-refractivity contribution is 8.00. The molecule has 150 valence electrons. The Morgan fingerprint density at radius 2 is 2.07 bits per heavy atom. The van der Waals surface area contributed by atoms with Gasteiger partial charge in [-0.25, -0.2) is 14.2 Å². The Balaban J connectivity index is 1.94. The van der Waals surface area contributed by atoms with E-state index in [9.17, 15) is 19.2 Å². The first-order valence-corrected chi connectivity index (χ1v) is 10.1. The second-order valence-corrected chi connectivity index (χ2v) is 7.73. The maximum atomic E-state index is 13.3. The van der Waals surface area contributed by atoms with Crippen LogP contribution in [0.3, 0.4) is 0 Å². The monoisotopic (exact) mass is 413 g/mol. The quantitative estimate of drug-likeness (QED) is 0.550. The van der Waals surface area contributed by atoms with Crippen LogP contribution in [-0.4, -0.2) is 29.5 Å². The molecule has 29 heavy (non-hydrogen) atoms. The number of nitrogens with one attached hydrogen (secondary N) is 1. The van der Waals surface area contributed by atoms with E-state index in [4.69, 9.17) is 4.74 Å². The molecule has 0 radical (unpaired) electrons. The number of esters is 1. The molecule has 1 aromatic carbocycles. The molecule has 1 atom stereocenters. The van der Waals surface area contributed by atoms with Gasteiger partial charge in [0.05, 0.1) is 23.4 Å². The first kappa shape index (κ1) is 20.8. The molecule has 1 heterocycles. The van der Waals surface area contributed by atoms with Gasteiger partial charge in [-0.05, 0) is 50.5 Å². The number of hydrogen-bond acceptors (Lipinski definition) is 6. The van der Waals surface area contributed by atoms with Crippen LogP contribution in [0.1, 0.15) is 52.2 Å². The number of amides is 1. The van der Waals surface area contributed by atoms with Gasteiger partial charge in [0.1, 0.15) is 22.2 Å². The van der Waals surface area contributed by atoms with Gasteiger partial charge in [-0.3, -0.25) is 4.79 Å². The van der Waals surface area contributed by atoms with Crippen LogP contribution in [-0.2, 0) is 9.53 Å². The van der Waals surface area contributed by atoms with Crippen molar-refractivity contribution in [3.63, 3.8) is 0 Å². The van der Waals surface area contributed by atoms with E-state index in [0.29, 0.717) is 16.3 Å². The third kappa shape index (κ3) is 5.12. The van der Waals surface area contributed by atoms with Crippen molar-refractivity contribution >= 4 is 23.6 Å². The van der Waals surface area contributed by atoms with Gasteiger partial charge in [-0.1, -0.05) is 23.9 Å². The second-order valence-electron chi connectivity index (χ2n) is 6.64. The van der Waals surface area contributed by atoms with Gasteiger partial charge >= 0.3 is 5.97 Å². The zero-order valence-electron chi connectivity index (χ0n) is 16.1. The summed E-state index contributed by atoms with van der Waals surface area (Å²) in [5.41, 5.74) is 1.40. The van der Waals surface area contributed by atoms with E-state index in [0.717, 1.165) is 24.6 Å². The fourth-order valence-electron chi connectivity index (χ4n) is 2.70. The largest absolute Gasteiger partial charge is 0.462 e. The van der Waals surface area contributed by atoms with Crippen molar-refractivity contribution < 1.29 is 18.7 Å². The highest BCUT2D eigenvalue weighted by Gasteiger charge is 2.30. The number of halogens is 1. The Morgan fingerprint density at radius 1 is 1.38 bits per heavy atom. The van der Waals surface area contributed by atoms with E-state index in [1.165, 1.54) is 18.2 Å². The minimum absolute atomic E-state index is 0.155. The molecule has 3 rings (SSSR count). The number of nitrogens with zero attached hydrogens (tertiary/aromatic N) is 2. The summed E-state index contributed by atoms with van der Waals surface area (Å²) < 4.78 is 18.4. The topological polar surface area (TPSA) is 92.1 Å². The van der Waals surface area contributed by atoms with Crippen LogP contribution in [0.25, 0.3) is 0 Å². The number of hydrogen-bond donors (Lipinski definition) is 1. The van der Waals surface area contributed by atoms with Gasteiger partial charge in [-0.2, -0.15) is 5.26 Å². The van der Waals surface area contributed by atoms with Crippen molar-refractivity contribution in [3.05, 3.63) is 58.5 Å². The lowest BCUT2D eigenvalue weighted by Crippen LogP contribution is -2.29. The lowest BCUT2D eigenvalue weighted by atomic mass is 10.1. The maximum absolute atomic E-state index is 13.3. The van der Waals surface area contributed by atoms with Crippen LogP contribution < -0.4 is 5.32 Å². The summed E-state index contributed by atoms with van der Waals surface area (Å²) in [5.74, 6) is -1.17. The summed E-state index contributed by atoms with van der Waals surface area (Å²) >= 11 is 1.10. The number of carbonyl (C=O) groups excluding carboxylic acids is 2. The molecule has 1 saturated carbocycles. The van der Waals surface area contributed by atoms with Crippen LogP contribution in [0, 0.1) is 24.1 Å². The first-order chi connectivity index (χ1) is 13.9. The molecule has 1 aliphatic rings. The standard InChI is InChI=1S/C21H20FN3O3S/c1-3-28-21(27)17-10-14(11-23)20(24-12(17)2)29-18(19(26)25-16-8-9-16)13-4-6-15(22)7-5-13/h4-7,10,16,18H,3,8-9H2,1-2H3,(H,25,26). The summed E-state index contributed by atoms with van der Waals surface area (Å²) in [6, 6.07) is 9.30. The van der Waals surface area contributed by atoms with Crippen molar-refractivity contribution in [3.8, 4) is 6.07 Å². The molecule has 1 aliphatic carbocycles. The van der Waals surface area contributed by atoms with E-state index in [1.807, 2.05) is 6.07 Å². The van der Waals surface area contributed by atoms with Crippen LogP contribution in [0.15, 0.2) is 35.4 Å². The van der Waals surface area contributed by atoms with E-state index < -0.39 is 17.0 Å². The van der Waals surface area contributed by atoms with Crippen LogP contribution in [0.2, 0.25) is 0 Å². The smallest absolute Gasteiger partial charge is 0.340 e. The maximum Gasteiger partial charge on any atom is 0.340 e. The number of ether oxygens (including phenoxy) is 1. The number of aryl methyl sites for hydroxylation is 1. The third-order valence-corrected chi connectivity index (χ3v) is 5.61. The number of thioether (sulfide) groups is 1. The van der Waals surface area contributed by atoms with E-state index >= 15 is 0 Å². The van der Waals surface area contributed by atoms with Crippen molar-refractivity contribution in [2.24, 2.45) is 0 Å². The molecule has 0 bridgehead atoms. The minimum atomic E-state index is -0.705. The molecule has 1 amide bonds. The molecule has 0 spiro atoms. The van der Waals surface area contributed by atoms with E-state index in [1.54, 1.807) is 26.0 Å². The predicted molar refractivity (Wildman–Crippen MR) is 106 cm³/mol. The van der Waals surface area contributed by atoms with Crippen molar-refractivity contribution in [2.45, 2.75) is 43.0 Å². The predicted octanol–water partition coefficient (Wildman–Crippen LogP) is 3.69. The Morgan fingerprint density at radius 3 is 2.66 bits per heavy atom. The molecule has 0 saturated heterocycles. The van der Waals surface area contributed by atoms with Gasteiger partial charge in [0.25, 0.3) is 0 Å². The molecular formula is C21H20FN3O3S. The molecule has 1 unspecified atom stereocenters. The highest BCUT2D eigenvalue weighted by atomic mass is 32.2.